The van der Waals surface area contributed by atoms with Gasteiger partial charge in [-0.25, -0.2) is 0 Å². The molecule has 3 N–H and O–H groups in total. The third-order valence-electron chi connectivity index (χ3n) is 2.27. The summed E-state index contributed by atoms with van der Waals surface area (Å²) in [4.78, 5) is 10.5. The fourth-order valence-corrected chi connectivity index (χ4v) is 1.29. The SMILES string of the molecule is C=CCCC1C[C@@]1(N)C(=O)O. The molecular formula is C8H13NO2. The highest BCUT2D eigenvalue weighted by Crippen LogP contribution is 2.44. The number of hydrogen-bond acceptors (Lipinski definition) is 2. The molecule has 3 nitrogen and oxygen atoms in total. The number of allylic oxidation sites excluding steroid dienone is 1. The van der Waals surface area contributed by atoms with Gasteiger partial charge in [0.1, 0.15) is 5.54 Å². The normalized spacial score (nSPS) is 34.8. The molecule has 0 aliphatic heterocycles. The summed E-state index contributed by atoms with van der Waals surface area (Å²) in [5, 5.41) is 8.63. The van der Waals surface area contributed by atoms with Crippen LogP contribution in [-0.4, -0.2) is 16.6 Å². The van der Waals surface area contributed by atoms with Crippen LogP contribution < -0.4 is 5.73 Å². The van der Waals surface area contributed by atoms with E-state index in [2.05, 4.69) is 6.58 Å². The molecular weight excluding hydrogens is 142 g/mol. The molecule has 1 fully saturated rings. The Morgan fingerprint density at radius 2 is 2.55 bits per heavy atom. The van der Waals surface area contributed by atoms with E-state index in [4.69, 9.17) is 10.8 Å². The van der Waals surface area contributed by atoms with Gasteiger partial charge in [-0.05, 0) is 25.2 Å². The maximum Gasteiger partial charge on any atom is 0.323 e. The summed E-state index contributed by atoms with van der Waals surface area (Å²) >= 11 is 0. The van der Waals surface area contributed by atoms with Crippen molar-refractivity contribution in [1.29, 1.82) is 0 Å². The fourth-order valence-electron chi connectivity index (χ4n) is 1.29. The summed E-state index contributed by atoms with van der Waals surface area (Å²) in [5.41, 5.74) is 4.63. The van der Waals surface area contributed by atoms with Crippen LogP contribution in [0.3, 0.4) is 0 Å². The molecule has 11 heavy (non-hydrogen) atoms. The lowest BCUT2D eigenvalue weighted by Gasteiger charge is -2.02. The summed E-state index contributed by atoms with van der Waals surface area (Å²) in [5.74, 6) is -0.704. The molecule has 1 unspecified atom stereocenters. The minimum Gasteiger partial charge on any atom is -0.480 e. The summed E-state index contributed by atoms with van der Waals surface area (Å²) in [6.45, 7) is 3.56. The highest BCUT2D eigenvalue weighted by molar-refractivity contribution is 5.82. The number of hydrogen-bond donors (Lipinski definition) is 2. The molecule has 0 radical (unpaired) electrons. The van der Waals surface area contributed by atoms with Crippen LogP contribution in [0.5, 0.6) is 0 Å². The van der Waals surface area contributed by atoms with Gasteiger partial charge in [0, 0.05) is 0 Å². The Labute approximate surface area is 65.9 Å². The average molecular weight is 155 g/mol. The minimum atomic E-state index is -0.914. The molecule has 0 bridgehead atoms. The highest BCUT2D eigenvalue weighted by Gasteiger charge is 2.56. The Kier molecular flexibility index (Phi) is 2.00. The van der Waals surface area contributed by atoms with Crippen LogP contribution in [-0.2, 0) is 4.79 Å². The molecule has 0 saturated heterocycles. The number of aliphatic carboxylic acids is 1. The monoisotopic (exact) mass is 155 g/mol. The van der Waals surface area contributed by atoms with Crippen LogP contribution in [0.15, 0.2) is 12.7 Å². The van der Waals surface area contributed by atoms with E-state index in [9.17, 15) is 4.79 Å². The van der Waals surface area contributed by atoms with E-state index in [-0.39, 0.29) is 5.92 Å². The van der Waals surface area contributed by atoms with Crippen LogP contribution in [0.25, 0.3) is 0 Å². The number of nitrogens with two attached hydrogens (primary N) is 1. The largest absolute Gasteiger partial charge is 0.480 e. The molecule has 0 aromatic rings. The van der Waals surface area contributed by atoms with Gasteiger partial charge in [0.2, 0.25) is 0 Å². The first kappa shape index (κ1) is 8.27. The van der Waals surface area contributed by atoms with Crippen molar-refractivity contribution < 1.29 is 9.90 Å². The minimum absolute atomic E-state index is 0.165. The van der Waals surface area contributed by atoms with Gasteiger partial charge >= 0.3 is 5.97 Å². The number of carbonyl (C=O) groups is 1. The van der Waals surface area contributed by atoms with Gasteiger partial charge < -0.3 is 10.8 Å². The third-order valence-corrected chi connectivity index (χ3v) is 2.27. The van der Waals surface area contributed by atoms with Crippen LogP contribution >= 0.6 is 0 Å². The molecule has 1 aliphatic rings. The van der Waals surface area contributed by atoms with Crippen LogP contribution in [0.1, 0.15) is 19.3 Å². The second-order valence-electron chi connectivity index (χ2n) is 3.11. The van der Waals surface area contributed by atoms with Gasteiger partial charge in [0.15, 0.2) is 0 Å². The molecule has 0 spiro atoms. The molecule has 1 aliphatic carbocycles. The Balaban J connectivity index is 2.34. The first-order valence-electron chi connectivity index (χ1n) is 3.74. The topological polar surface area (TPSA) is 63.3 Å². The number of carboxylic acids is 1. The zero-order valence-corrected chi connectivity index (χ0v) is 6.42. The van der Waals surface area contributed by atoms with Gasteiger partial charge in [-0.2, -0.15) is 0 Å². The number of carboxylic acid groups (broad SMARTS) is 1. The van der Waals surface area contributed by atoms with Crippen LogP contribution in [0.4, 0.5) is 0 Å². The van der Waals surface area contributed by atoms with E-state index < -0.39 is 11.5 Å². The van der Waals surface area contributed by atoms with Gasteiger partial charge in [-0.1, -0.05) is 6.08 Å². The predicted molar refractivity (Wildman–Crippen MR) is 42.1 cm³/mol. The lowest BCUT2D eigenvalue weighted by Crippen LogP contribution is -2.35. The van der Waals surface area contributed by atoms with Crippen molar-refractivity contribution in [2.24, 2.45) is 11.7 Å². The lowest BCUT2D eigenvalue weighted by atomic mass is 10.1. The van der Waals surface area contributed by atoms with Crippen molar-refractivity contribution in [2.45, 2.75) is 24.8 Å². The van der Waals surface area contributed by atoms with E-state index in [1.807, 2.05) is 0 Å². The number of rotatable bonds is 4. The van der Waals surface area contributed by atoms with E-state index in [1.165, 1.54) is 0 Å². The standard InChI is InChI=1S/C8H13NO2/c1-2-3-4-6-5-8(6,9)7(10)11/h2,6H,1,3-5,9H2,(H,10,11)/t6?,8-/m0/s1. The second-order valence-corrected chi connectivity index (χ2v) is 3.11. The Morgan fingerprint density at radius 3 is 2.91 bits per heavy atom. The molecule has 0 aromatic heterocycles. The van der Waals surface area contributed by atoms with E-state index in [0.29, 0.717) is 6.42 Å². The third kappa shape index (κ3) is 1.43. The molecule has 62 valence electrons. The Morgan fingerprint density at radius 1 is 1.91 bits per heavy atom. The van der Waals surface area contributed by atoms with Crippen LogP contribution in [0.2, 0.25) is 0 Å². The lowest BCUT2D eigenvalue weighted by molar-refractivity contribution is -0.140. The summed E-state index contributed by atoms with van der Waals surface area (Å²) in [7, 11) is 0. The fraction of sp³-hybridized carbons (Fsp3) is 0.625. The smallest absolute Gasteiger partial charge is 0.323 e. The molecule has 0 heterocycles. The van der Waals surface area contributed by atoms with Crippen molar-refractivity contribution in [2.75, 3.05) is 0 Å². The predicted octanol–water partition coefficient (Wildman–Crippen LogP) is 0.755. The second kappa shape index (κ2) is 2.66. The van der Waals surface area contributed by atoms with E-state index in [1.54, 1.807) is 6.08 Å². The molecule has 2 atom stereocenters. The molecule has 0 amide bonds. The van der Waals surface area contributed by atoms with Crippen molar-refractivity contribution >= 4 is 5.97 Å². The molecule has 0 aromatic carbocycles. The van der Waals surface area contributed by atoms with Crippen molar-refractivity contribution in [3.05, 3.63) is 12.7 Å². The zero-order valence-electron chi connectivity index (χ0n) is 6.42. The zero-order chi connectivity index (χ0) is 8.48. The Bertz CT molecular complexity index is 191. The molecule has 1 rings (SSSR count). The molecule has 3 heteroatoms. The first-order valence-corrected chi connectivity index (χ1v) is 3.74. The van der Waals surface area contributed by atoms with Crippen LogP contribution in [0, 0.1) is 5.92 Å². The highest BCUT2D eigenvalue weighted by atomic mass is 16.4. The summed E-state index contributed by atoms with van der Waals surface area (Å²) in [6, 6.07) is 0. The van der Waals surface area contributed by atoms with Crippen molar-refractivity contribution in [3.63, 3.8) is 0 Å². The maximum atomic E-state index is 10.5. The quantitative estimate of drug-likeness (QED) is 0.589. The molecule has 1 saturated carbocycles. The summed E-state index contributed by atoms with van der Waals surface area (Å²) in [6.07, 6.45) is 4.12. The first-order chi connectivity index (χ1) is 5.11. The van der Waals surface area contributed by atoms with Gasteiger partial charge in [-0.3, -0.25) is 4.79 Å². The van der Waals surface area contributed by atoms with Crippen molar-refractivity contribution in [1.82, 2.24) is 0 Å². The van der Waals surface area contributed by atoms with Gasteiger partial charge in [-0.15, -0.1) is 6.58 Å². The van der Waals surface area contributed by atoms with Crippen molar-refractivity contribution in [3.8, 4) is 0 Å². The average Bonchev–Trinajstić information content (AvgIpc) is 2.59. The Hall–Kier alpha value is -0.830. The van der Waals surface area contributed by atoms with Gasteiger partial charge in [0.25, 0.3) is 0 Å². The van der Waals surface area contributed by atoms with Gasteiger partial charge in [0.05, 0.1) is 0 Å². The van der Waals surface area contributed by atoms with E-state index >= 15 is 0 Å². The maximum absolute atomic E-state index is 10.5. The van der Waals surface area contributed by atoms with E-state index in [0.717, 1.165) is 12.8 Å². The summed E-state index contributed by atoms with van der Waals surface area (Å²) < 4.78 is 0.